The molecule has 1 aliphatic heterocycles. The predicted octanol–water partition coefficient (Wildman–Crippen LogP) is 4.56. The fraction of sp³-hybridized carbons (Fsp3) is 0.353. The van der Waals surface area contributed by atoms with Gasteiger partial charge in [0.15, 0.2) is 0 Å². The number of hydrogen-bond donors (Lipinski definition) is 1. The van der Waals surface area contributed by atoms with Crippen LogP contribution in [0.25, 0.3) is 0 Å². The highest BCUT2D eigenvalue weighted by atomic mass is 35.5. The summed E-state index contributed by atoms with van der Waals surface area (Å²) in [6.45, 7) is 0.962. The monoisotopic (exact) mass is 373 g/mol. The van der Waals surface area contributed by atoms with Crippen LogP contribution in [0.2, 0.25) is 5.02 Å². The van der Waals surface area contributed by atoms with E-state index < -0.39 is 24.0 Å². The van der Waals surface area contributed by atoms with Crippen molar-refractivity contribution in [1.29, 1.82) is 0 Å². The molecular formula is C17H16ClF4N3. The molecule has 8 heteroatoms. The first-order valence-corrected chi connectivity index (χ1v) is 8.10. The smallest absolute Gasteiger partial charge is 0.377 e. The molecule has 25 heavy (non-hydrogen) atoms. The number of halogens is 5. The molecule has 2 heterocycles. The molecule has 1 N–H and O–H groups in total. The highest BCUT2D eigenvalue weighted by Gasteiger charge is 2.35. The molecule has 134 valence electrons. The molecule has 2 aromatic rings. The predicted molar refractivity (Wildman–Crippen MR) is 88.4 cm³/mol. The third-order valence-corrected chi connectivity index (χ3v) is 4.40. The van der Waals surface area contributed by atoms with Crippen molar-refractivity contribution in [1.82, 2.24) is 9.88 Å². The molecule has 0 saturated carbocycles. The van der Waals surface area contributed by atoms with Crippen LogP contribution in [0.1, 0.15) is 17.2 Å². The topological polar surface area (TPSA) is 28.2 Å². The fourth-order valence-electron chi connectivity index (χ4n) is 2.77. The SMILES string of the molecule is FC1CN(C[C@@H](Nc2ccncc2)c2ccc(Cl)c(C(F)(F)F)c2)C1. The summed E-state index contributed by atoms with van der Waals surface area (Å²) in [5.41, 5.74) is 0.289. The van der Waals surface area contributed by atoms with Crippen molar-refractivity contribution in [2.45, 2.75) is 18.4 Å². The quantitative estimate of drug-likeness (QED) is 0.779. The van der Waals surface area contributed by atoms with Crippen LogP contribution in [0, 0.1) is 0 Å². The molecule has 1 aromatic carbocycles. The van der Waals surface area contributed by atoms with Gasteiger partial charge in [0, 0.05) is 37.7 Å². The molecule has 0 amide bonds. The number of pyridine rings is 1. The molecule has 1 fully saturated rings. The van der Waals surface area contributed by atoms with Gasteiger partial charge >= 0.3 is 6.18 Å². The maximum absolute atomic E-state index is 13.1. The summed E-state index contributed by atoms with van der Waals surface area (Å²) in [4.78, 5) is 5.77. The minimum absolute atomic E-state index is 0.286. The van der Waals surface area contributed by atoms with Gasteiger partial charge in [0.05, 0.1) is 16.6 Å². The Morgan fingerprint density at radius 3 is 2.48 bits per heavy atom. The van der Waals surface area contributed by atoms with Crippen LogP contribution in [0.4, 0.5) is 23.2 Å². The first-order valence-electron chi connectivity index (χ1n) is 7.72. The van der Waals surface area contributed by atoms with Crippen molar-refractivity contribution in [2.75, 3.05) is 25.0 Å². The van der Waals surface area contributed by atoms with Crippen LogP contribution in [-0.2, 0) is 6.18 Å². The molecule has 0 unspecified atom stereocenters. The molecular weight excluding hydrogens is 358 g/mol. The molecule has 0 spiro atoms. The number of nitrogens with zero attached hydrogens (tertiary/aromatic N) is 2. The van der Waals surface area contributed by atoms with Crippen LogP contribution < -0.4 is 5.32 Å². The van der Waals surface area contributed by atoms with Gasteiger partial charge in [-0.3, -0.25) is 9.88 Å². The summed E-state index contributed by atoms with van der Waals surface area (Å²) in [6, 6.07) is 6.86. The van der Waals surface area contributed by atoms with E-state index in [-0.39, 0.29) is 18.1 Å². The summed E-state index contributed by atoms with van der Waals surface area (Å²) in [6.07, 6.45) is -2.24. The van der Waals surface area contributed by atoms with Gasteiger partial charge in [0.25, 0.3) is 0 Å². The lowest BCUT2D eigenvalue weighted by Gasteiger charge is -2.37. The van der Waals surface area contributed by atoms with Crippen molar-refractivity contribution < 1.29 is 17.6 Å². The Balaban J connectivity index is 1.88. The number of aromatic nitrogens is 1. The first kappa shape index (κ1) is 17.9. The molecule has 0 aliphatic carbocycles. The highest BCUT2D eigenvalue weighted by molar-refractivity contribution is 6.31. The van der Waals surface area contributed by atoms with Crippen molar-refractivity contribution in [3.8, 4) is 0 Å². The minimum atomic E-state index is -4.53. The van der Waals surface area contributed by atoms with E-state index in [0.717, 1.165) is 11.8 Å². The Morgan fingerprint density at radius 1 is 1.20 bits per heavy atom. The van der Waals surface area contributed by atoms with Gasteiger partial charge in [0.2, 0.25) is 0 Å². The largest absolute Gasteiger partial charge is 0.417 e. The third kappa shape index (κ3) is 4.41. The van der Waals surface area contributed by atoms with Gasteiger partial charge in [0.1, 0.15) is 6.17 Å². The Kier molecular flexibility index (Phi) is 5.15. The minimum Gasteiger partial charge on any atom is -0.377 e. The lowest BCUT2D eigenvalue weighted by molar-refractivity contribution is -0.137. The molecule has 0 bridgehead atoms. The maximum Gasteiger partial charge on any atom is 0.417 e. The molecule has 1 saturated heterocycles. The number of alkyl halides is 4. The number of nitrogens with one attached hydrogen (secondary N) is 1. The lowest BCUT2D eigenvalue weighted by atomic mass is 10.0. The zero-order valence-corrected chi connectivity index (χ0v) is 13.9. The Labute approximate surface area is 147 Å². The van der Waals surface area contributed by atoms with Crippen LogP contribution in [0.5, 0.6) is 0 Å². The normalized spacial score (nSPS) is 17.2. The zero-order valence-electron chi connectivity index (χ0n) is 13.1. The van der Waals surface area contributed by atoms with Crippen LogP contribution in [-0.4, -0.2) is 35.7 Å². The van der Waals surface area contributed by atoms with E-state index in [0.29, 0.717) is 12.1 Å². The van der Waals surface area contributed by atoms with E-state index in [2.05, 4.69) is 10.3 Å². The van der Waals surface area contributed by atoms with E-state index in [1.165, 1.54) is 6.07 Å². The molecule has 3 rings (SSSR count). The van der Waals surface area contributed by atoms with Gasteiger partial charge < -0.3 is 5.32 Å². The van der Waals surface area contributed by atoms with Gasteiger partial charge in [-0.25, -0.2) is 4.39 Å². The zero-order chi connectivity index (χ0) is 18.0. The van der Waals surface area contributed by atoms with Crippen LogP contribution in [0.3, 0.4) is 0 Å². The summed E-state index contributed by atoms with van der Waals surface area (Å²) >= 11 is 5.70. The second-order valence-electron chi connectivity index (χ2n) is 5.99. The van der Waals surface area contributed by atoms with Crippen molar-refractivity contribution in [3.05, 3.63) is 58.9 Å². The average molecular weight is 374 g/mol. The highest BCUT2D eigenvalue weighted by Crippen LogP contribution is 2.37. The molecule has 1 atom stereocenters. The maximum atomic E-state index is 13.1. The van der Waals surface area contributed by atoms with Gasteiger partial charge in [-0.1, -0.05) is 17.7 Å². The van der Waals surface area contributed by atoms with Crippen molar-refractivity contribution in [3.63, 3.8) is 0 Å². The molecule has 0 radical (unpaired) electrons. The van der Waals surface area contributed by atoms with Gasteiger partial charge in [-0.05, 0) is 29.8 Å². The number of likely N-dealkylation sites (tertiary alicyclic amines) is 1. The second kappa shape index (κ2) is 7.17. The lowest BCUT2D eigenvalue weighted by Crippen LogP contribution is -2.50. The number of rotatable bonds is 5. The van der Waals surface area contributed by atoms with E-state index in [1.807, 2.05) is 4.90 Å². The number of benzene rings is 1. The molecule has 1 aliphatic rings. The molecule has 3 nitrogen and oxygen atoms in total. The Hall–Kier alpha value is -1.86. The summed E-state index contributed by atoms with van der Waals surface area (Å²) < 4.78 is 52.5. The Bertz CT molecular complexity index is 718. The van der Waals surface area contributed by atoms with Crippen LogP contribution >= 0.6 is 11.6 Å². The van der Waals surface area contributed by atoms with Crippen LogP contribution in [0.15, 0.2) is 42.7 Å². The van der Waals surface area contributed by atoms with Gasteiger partial charge in [-0.2, -0.15) is 13.2 Å². The fourth-order valence-corrected chi connectivity index (χ4v) is 3.00. The number of hydrogen-bond acceptors (Lipinski definition) is 3. The first-order chi connectivity index (χ1) is 11.8. The third-order valence-electron chi connectivity index (χ3n) is 4.07. The van der Waals surface area contributed by atoms with E-state index in [4.69, 9.17) is 11.6 Å². The summed E-state index contributed by atoms with van der Waals surface area (Å²) in [5.74, 6) is 0. The van der Waals surface area contributed by atoms with Gasteiger partial charge in [-0.15, -0.1) is 0 Å². The average Bonchev–Trinajstić information content (AvgIpc) is 2.53. The van der Waals surface area contributed by atoms with E-state index in [1.54, 1.807) is 30.6 Å². The van der Waals surface area contributed by atoms with E-state index in [9.17, 15) is 17.6 Å². The molecule has 1 aromatic heterocycles. The second-order valence-corrected chi connectivity index (χ2v) is 6.39. The Morgan fingerprint density at radius 2 is 1.88 bits per heavy atom. The number of anilines is 1. The summed E-state index contributed by atoms with van der Waals surface area (Å²) in [7, 11) is 0. The standard InChI is InChI=1S/C17H16ClF4N3/c18-15-2-1-11(7-14(15)17(20,21)22)16(10-25-8-12(19)9-25)24-13-3-5-23-6-4-13/h1-7,12,16H,8-10H2,(H,23,24)/t16-/m1/s1. The van der Waals surface area contributed by atoms with Crippen molar-refractivity contribution in [2.24, 2.45) is 0 Å². The summed E-state index contributed by atoms with van der Waals surface area (Å²) in [5, 5.41) is 2.85. The van der Waals surface area contributed by atoms with Crippen molar-refractivity contribution >= 4 is 17.3 Å². The van der Waals surface area contributed by atoms with E-state index >= 15 is 0 Å².